The van der Waals surface area contributed by atoms with Crippen LogP contribution < -0.4 is 18.9 Å². The highest BCUT2D eigenvalue weighted by Crippen LogP contribution is 2.44. The van der Waals surface area contributed by atoms with Crippen molar-refractivity contribution in [1.29, 1.82) is 0 Å². The van der Waals surface area contributed by atoms with E-state index in [1.807, 2.05) is 0 Å². The third-order valence-electron chi connectivity index (χ3n) is 5.70. The Kier molecular flexibility index (Phi) is 7.87. The summed E-state index contributed by atoms with van der Waals surface area (Å²) >= 11 is 0. The predicted octanol–water partition coefficient (Wildman–Crippen LogP) is 4.96. The molecule has 0 saturated heterocycles. The quantitative estimate of drug-likeness (QED) is 0.507. The molecule has 1 aliphatic heterocycles. The van der Waals surface area contributed by atoms with E-state index >= 15 is 0 Å². The van der Waals surface area contributed by atoms with Crippen molar-refractivity contribution in [2.75, 3.05) is 34.4 Å². The Morgan fingerprint density at radius 2 is 1.70 bits per heavy atom. The minimum Gasteiger partial charge on any atom is -0.507 e. The summed E-state index contributed by atoms with van der Waals surface area (Å²) in [5, 5.41) is 10.7. The number of benzene rings is 2. The summed E-state index contributed by atoms with van der Waals surface area (Å²) in [6.45, 7) is 8.36. The fourth-order valence-electron chi connectivity index (χ4n) is 4.24. The van der Waals surface area contributed by atoms with Gasteiger partial charge >= 0.3 is 0 Å². The lowest BCUT2D eigenvalue weighted by Crippen LogP contribution is -2.25. The second-order valence-corrected chi connectivity index (χ2v) is 8.03. The molecule has 1 heterocycles. The molecule has 0 aromatic heterocycles. The van der Waals surface area contributed by atoms with Gasteiger partial charge in [-0.1, -0.05) is 13.8 Å². The number of aryl methyl sites for hydroxylation is 1. The molecular weight excluding hydrogens is 422 g/mol. The molecule has 0 atom stereocenters. The van der Waals surface area contributed by atoms with E-state index in [2.05, 4.69) is 18.7 Å². The Hall–Kier alpha value is -3.19. The SMILES string of the molecule is CCCN(CCC)Cc1c(O)cc(C)c2c1O/C(=C/c1ccc(OC)c(OC)c1OC)C2=O. The molecular formula is C26H33NO6. The predicted molar refractivity (Wildman–Crippen MR) is 128 cm³/mol. The van der Waals surface area contributed by atoms with E-state index in [1.54, 1.807) is 38.3 Å². The number of fused-ring (bicyclic) bond motifs is 1. The van der Waals surface area contributed by atoms with Gasteiger partial charge in [0.15, 0.2) is 17.3 Å². The standard InChI is InChI=1S/C26H33NO6/c1-7-11-27(12-8-2)15-18-19(28)13-16(3)22-23(29)21(33-25(18)22)14-17-9-10-20(30-4)26(32-6)24(17)31-5/h9-10,13-14,28H,7-8,11-12,15H2,1-6H3/b21-14+. The first-order chi connectivity index (χ1) is 15.9. The molecule has 2 aromatic rings. The van der Waals surface area contributed by atoms with Gasteiger partial charge in [0.2, 0.25) is 11.5 Å². The van der Waals surface area contributed by atoms with Crippen molar-refractivity contribution in [2.24, 2.45) is 0 Å². The Balaban J connectivity index is 2.06. The first kappa shape index (κ1) is 24.5. The Labute approximate surface area is 195 Å². The first-order valence-electron chi connectivity index (χ1n) is 11.2. The first-order valence-corrected chi connectivity index (χ1v) is 11.2. The van der Waals surface area contributed by atoms with Gasteiger partial charge in [-0.15, -0.1) is 0 Å². The van der Waals surface area contributed by atoms with Crippen LogP contribution in [-0.4, -0.2) is 50.2 Å². The molecule has 1 aliphatic rings. The van der Waals surface area contributed by atoms with Crippen LogP contribution in [0.5, 0.6) is 28.7 Å². The van der Waals surface area contributed by atoms with Crippen LogP contribution in [0, 0.1) is 6.92 Å². The average molecular weight is 456 g/mol. The molecule has 2 aromatic carbocycles. The van der Waals surface area contributed by atoms with Crippen LogP contribution in [-0.2, 0) is 6.54 Å². The Bertz CT molecular complexity index is 1050. The van der Waals surface area contributed by atoms with Crippen molar-refractivity contribution in [3.8, 4) is 28.7 Å². The zero-order chi connectivity index (χ0) is 24.1. The van der Waals surface area contributed by atoms with Gasteiger partial charge in [-0.25, -0.2) is 0 Å². The number of methoxy groups -OCH3 is 3. The van der Waals surface area contributed by atoms with Crippen LogP contribution >= 0.6 is 0 Å². The maximum Gasteiger partial charge on any atom is 0.232 e. The van der Waals surface area contributed by atoms with Crippen molar-refractivity contribution in [2.45, 2.75) is 40.2 Å². The van der Waals surface area contributed by atoms with Crippen molar-refractivity contribution >= 4 is 11.9 Å². The van der Waals surface area contributed by atoms with E-state index in [9.17, 15) is 9.90 Å². The molecule has 33 heavy (non-hydrogen) atoms. The van der Waals surface area contributed by atoms with Gasteiger partial charge in [-0.05, 0) is 62.7 Å². The highest BCUT2D eigenvalue weighted by molar-refractivity contribution is 6.16. The molecule has 0 amide bonds. The van der Waals surface area contributed by atoms with E-state index in [1.165, 1.54) is 14.2 Å². The summed E-state index contributed by atoms with van der Waals surface area (Å²) in [6.07, 6.45) is 3.64. The third kappa shape index (κ3) is 4.78. The number of phenolic OH excluding ortho intramolecular Hbond substituents is 1. The fourth-order valence-corrected chi connectivity index (χ4v) is 4.24. The zero-order valence-corrected chi connectivity index (χ0v) is 20.3. The van der Waals surface area contributed by atoms with Gasteiger partial charge in [0.1, 0.15) is 11.5 Å². The van der Waals surface area contributed by atoms with E-state index in [0.29, 0.717) is 51.8 Å². The largest absolute Gasteiger partial charge is 0.507 e. The number of aromatic hydroxyl groups is 1. The second-order valence-electron chi connectivity index (χ2n) is 8.03. The summed E-state index contributed by atoms with van der Waals surface area (Å²) < 4.78 is 22.4. The van der Waals surface area contributed by atoms with Gasteiger partial charge in [0, 0.05) is 12.1 Å². The van der Waals surface area contributed by atoms with Crippen LogP contribution in [0.1, 0.15) is 53.7 Å². The Morgan fingerprint density at radius 3 is 2.27 bits per heavy atom. The molecule has 7 heteroatoms. The number of carbonyl (C=O) groups is 1. The lowest BCUT2D eigenvalue weighted by Gasteiger charge is -2.22. The lowest BCUT2D eigenvalue weighted by molar-refractivity contribution is 0.101. The Morgan fingerprint density at radius 1 is 1.03 bits per heavy atom. The number of phenols is 1. The maximum absolute atomic E-state index is 13.3. The smallest absolute Gasteiger partial charge is 0.232 e. The van der Waals surface area contributed by atoms with Gasteiger partial charge in [-0.3, -0.25) is 9.69 Å². The lowest BCUT2D eigenvalue weighted by atomic mass is 9.99. The molecule has 0 saturated carbocycles. The van der Waals surface area contributed by atoms with Crippen LogP contribution in [0.15, 0.2) is 24.0 Å². The molecule has 1 N–H and O–H groups in total. The number of hydrogen-bond donors (Lipinski definition) is 1. The van der Waals surface area contributed by atoms with Crippen molar-refractivity contribution < 1.29 is 28.8 Å². The van der Waals surface area contributed by atoms with Crippen LogP contribution in [0.2, 0.25) is 0 Å². The van der Waals surface area contributed by atoms with E-state index in [-0.39, 0.29) is 17.3 Å². The number of allylic oxidation sites excluding steroid dienone is 1. The third-order valence-corrected chi connectivity index (χ3v) is 5.70. The van der Waals surface area contributed by atoms with Crippen LogP contribution in [0.3, 0.4) is 0 Å². The van der Waals surface area contributed by atoms with Gasteiger partial charge in [0.05, 0.1) is 32.5 Å². The number of hydrogen-bond acceptors (Lipinski definition) is 7. The minimum atomic E-state index is -0.224. The molecule has 0 radical (unpaired) electrons. The van der Waals surface area contributed by atoms with Crippen molar-refractivity contribution in [1.82, 2.24) is 4.90 Å². The summed E-state index contributed by atoms with van der Waals surface area (Å²) in [6, 6.07) is 5.17. The van der Waals surface area contributed by atoms with E-state index < -0.39 is 0 Å². The number of ketones is 1. The average Bonchev–Trinajstić information content (AvgIpc) is 3.12. The molecule has 3 rings (SSSR count). The zero-order valence-electron chi connectivity index (χ0n) is 20.3. The van der Waals surface area contributed by atoms with Crippen LogP contribution in [0.25, 0.3) is 6.08 Å². The van der Waals surface area contributed by atoms with Crippen molar-refractivity contribution in [3.63, 3.8) is 0 Å². The molecule has 0 fully saturated rings. The number of nitrogens with zero attached hydrogens (tertiary/aromatic N) is 1. The van der Waals surface area contributed by atoms with Gasteiger partial charge < -0.3 is 24.1 Å². The topological polar surface area (TPSA) is 77.5 Å². The monoisotopic (exact) mass is 455 g/mol. The number of rotatable bonds is 10. The maximum atomic E-state index is 13.3. The number of ether oxygens (including phenoxy) is 4. The second kappa shape index (κ2) is 10.6. The van der Waals surface area contributed by atoms with Crippen molar-refractivity contribution in [3.05, 3.63) is 46.2 Å². The molecule has 0 spiro atoms. The van der Waals surface area contributed by atoms with Gasteiger partial charge in [-0.2, -0.15) is 0 Å². The molecule has 7 nitrogen and oxygen atoms in total. The molecule has 0 unspecified atom stereocenters. The molecule has 0 bridgehead atoms. The van der Waals surface area contributed by atoms with E-state index in [4.69, 9.17) is 18.9 Å². The molecule has 178 valence electrons. The fraction of sp³-hybridized carbons (Fsp3) is 0.423. The highest BCUT2D eigenvalue weighted by atomic mass is 16.5. The minimum absolute atomic E-state index is 0.140. The van der Waals surface area contributed by atoms with Gasteiger partial charge in [0.25, 0.3) is 0 Å². The van der Waals surface area contributed by atoms with Crippen LogP contribution in [0.4, 0.5) is 0 Å². The number of carbonyl (C=O) groups excluding carboxylic acids is 1. The normalized spacial score (nSPS) is 13.9. The summed E-state index contributed by atoms with van der Waals surface area (Å²) in [5.74, 6) is 1.91. The van der Waals surface area contributed by atoms with E-state index in [0.717, 1.165) is 25.9 Å². The highest BCUT2D eigenvalue weighted by Gasteiger charge is 2.34. The summed E-state index contributed by atoms with van der Waals surface area (Å²) in [4.78, 5) is 15.6. The number of Topliss-reactive ketones (excluding diaryl/α,β-unsaturated/α-hetero) is 1. The molecule has 0 aliphatic carbocycles. The summed E-state index contributed by atoms with van der Waals surface area (Å²) in [7, 11) is 4.61. The summed E-state index contributed by atoms with van der Waals surface area (Å²) in [5.41, 5.74) is 2.42.